The molecule has 0 radical (unpaired) electrons. The van der Waals surface area contributed by atoms with Crippen LogP contribution >= 0.6 is 0 Å². The Morgan fingerprint density at radius 2 is 1.89 bits per heavy atom. The molecule has 1 N–H and O–H groups in total. The maximum atomic E-state index is 12.8. The van der Waals surface area contributed by atoms with Crippen molar-refractivity contribution in [3.8, 4) is 0 Å². The molecule has 0 unspecified atom stereocenters. The molecule has 1 atom stereocenters. The molecule has 0 spiro atoms. The Morgan fingerprint density at radius 3 is 2.56 bits per heavy atom. The van der Waals surface area contributed by atoms with Crippen LogP contribution < -0.4 is 5.32 Å². The van der Waals surface area contributed by atoms with Gasteiger partial charge in [0.05, 0.1) is 18.6 Å². The van der Waals surface area contributed by atoms with Gasteiger partial charge in [0.1, 0.15) is 0 Å². The zero-order valence-electron chi connectivity index (χ0n) is 16.9. The van der Waals surface area contributed by atoms with E-state index in [1.807, 2.05) is 11.8 Å². The second kappa shape index (κ2) is 8.81. The lowest BCUT2D eigenvalue weighted by molar-refractivity contribution is -0.149. The summed E-state index contributed by atoms with van der Waals surface area (Å²) in [5.41, 5.74) is 2.51. The first kappa shape index (κ1) is 19.8. The Morgan fingerprint density at radius 1 is 1.15 bits per heavy atom. The van der Waals surface area contributed by atoms with E-state index in [-0.39, 0.29) is 24.0 Å². The van der Waals surface area contributed by atoms with Crippen LogP contribution in [0.4, 0.5) is 4.79 Å². The largest absolute Gasteiger partial charge is 0.466 e. The van der Waals surface area contributed by atoms with Crippen LogP contribution in [0.3, 0.4) is 0 Å². The first-order chi connectivity index (χ1) is 13.0. The summed E-state index contributed by atoms with van der Waals surface area (Å²) in [7, 11) is 0. The predicted octanol–water partition coefficient (Wildman–Crippen LogP) is 3.64. The number of rotatable bonds is 5. The van der Waals surface area contributed by atoms with Gasteiger partial charge >= 0.3 is 12.0 Å². The molecule has 1 aromatic rings. The molecule has 1 aliphatic carbocycles. The molecule has 2 amide bonds. The van der Waals surface area contributed by atoms with Gasteiger partial charge in [0.2, 0.25) is 0 Å². The van der Waals surface area contributed by atoms with Crippen molar-refractivity contribution in [3.63, 3.8) is 0 Å². The van der Waals surface area contributed by atoms with E-state index >= 15 is 0 Å². The number of aryl methyl sites for hydroxylation is 1. The molecule has 1 saturated carbocycles. The number of esters is 1. The topological polar surface area (TPSA) is 63.6 Å². The van der Waals surface area contributed by atoms with E-state index in [2.05, 4.69) is 35.9 Å². The van der Waals surface area contributed by atoms with Crippen molar-refractivity contribution in [2.24, 2.45) is 11.8 Å². The summed E-state index contributed by atoms with van der Waals surface area (Å²) in [5, 5.41) is 3.15. The third kappa shape index (κ3) is 4.30. The molecule has 0 aromatic carbocycles. The van der Waals surface area contributed by atoms with Crippen LogP contribution in [0, 0.1) is 18.8 Å². The van der Waals surface area contributed by atoms with Gasteiger partial charge in [-0.05, 0) is 64.0 Å². The second-order valence-corrected chi connectivity index (χ2v) is 7.82. The van der Waals surface area contributed by atoms with Crippen molar-refractivity contribution in [1.29, 1.82) is 0 Å². The minimum absolute atomic E-state index is 0.0412. The number of carbonyl (C=O) groups excluding carboxylic acids is 2. The van der Waals surface area contributed by atoms with Crippen molar-refractivity contribution < 1.29 is 14.3 Å². The van der Waals surface area contributed by atoms with Gasteiger partial charge in [0.15, 0.2) is 0 Å². The lowest BCUT2D eigenvalue weighted by atomic mass is 9.82. The van der Waals surface area contributed by atoms with Crippen LogP contribution in [0.1, 0.15) is 63.4 Å². The fourth-order valence-electron chi connectivity index (χ4n) is 4.58. The fourth-order valence-corrected chi connectivity index (χ4v) is 4.58. The van der Waals surface area contributed by atoms with Crippen molar-refractivity contribution in [1.82, 2.24) is 14.8 Å². The molecule has 6 nitrogen and oxygen atoms in total. The van der Waals surface area contributed by atoms with Gasteiger partial charge in [-0.3, -0.25) is 4.79 Å². The maximum Gasteiger partial charge on any atom is 0.318 e. The summed E-state index contributed by atoms with van der Waals surface area (Å²) in [6, 6.07) is 4.48. The van der Waals surface area contributed by atoms with Gasteiger partial charge in [0, 0.05) is 31.0 Å². The van der Waals surface area contributed by atoms with Gasteiger partial charge in [-0.1, -0.05) is 6.92 Å². The van der Waals surface area contributed by atoms with Crippen LogP contribution in [0.25, 0.3) is 0 Å². The molecule has 2 heterocycles. The van der Waals surface area contributed by atoms with Gasteiger partial charge < -0.3 is 19.5 Å². The summed E-state index contributed by atoms with van der Waals surface area (Å²) in [6.07, 6.45) is 4.61. The molecular weight excluding hydrogens is 342 g/mol. The quantitative estimate of drug-likeness (QED) is 0.799. The Hall–Kier alpha value is -1.98. The molecule has 1 aromatic heterocycles. The van der Waals surface area contributed by atoms with Gasteiger partial charge in [0.25, 0.3) is 0 Å². The Kier molecular flexibility index (Phi) is 6.45. The molecule has 3 rings (SSSR count). The van der Waals surface area contributed by atoms with Crippen molar-refractivity contribution >= 4 is 12.0 Å². The van der Waals surface area contributed by atoms with E-state index in [4.69, 9.17) is 4.74 Å². The average Bonchev–Trinajstić information content (AvgIpc) is 3.07. The summed E-state index contributed by atoms with van der Waals surface area (Å²) in [6.45, 7) is 8.87. The zero-order valence-corrected chi connectivity index (χ0v) is 16.9. The van der Waals surface area contributed by atoms with Crippen molar-refractivity contribution in [2.75, 3.05) is 19.7 Å². The van der Waals surface area contributed by atoms with E-state index in [9.17, 15) is 9.59 Å². The molecule has 2 aliphatic rings. The molecule has 27 heavy (non-hydrogen) atoms. The van der Waals surface area contributed by atoms with Crippen LogP contribution in [0.5, 0.6) is 0 Å². The minimum atomic E-state index is -0.0580. The summed E-state index contributed by atoms with van der Waals surface area (Å²) >= 11 is 0. The minimum Gasteiger partial charge on any atom is -0.466 e. The number of hydrogen-bond acceptors (Lipinski definition) is 3. The van der Waals surface area contributed by atoms with E-state index < -0.39 is 0 Å². The highest BCUT2D eigenvalue weighted by Crippen LogP contribution is 2.31. The molecule has 6 heteroatoms. The summed E-state index contributed by atoms with van der Waals surface area (Å²) < 4.78 is 7.46. The van der Waals surface area contributed by atoms with Crippen molar-refractivity contribution in [2.45, 2.75) is 65.5 Å². The Labute approximate surface area is 162 Å². The van der Waals surface area contributed by atoms with Crippen LogP contribution in [-0.2, 0) is 16.1 Å². The van der Waals surface area contributed by atoms with E-state index in [0.29, 0.717) is 19.1 Å². The first-order valence-electron chi connectivity index (χ1n) is 10.4. The molecule has 1 aliphatic heterocycles. The number of urea groups is 1. The monoisotopic (exact) mass is 375 g/mol. The zero-order chi connectivity index (χ0) is 19.4. The molecular formula is C21H33N3O3. The lowest BCUT2D eigenvalue weighted by Gasteiger charge is -2.37. The van der Waals surface area contributed by atoms with E-state index in [1.54, 1.807) is 0 Å². The summed E-state index contributed by atoms with van der Waals surface area (Å²) in [5.74, 6) is 0.437. The average molecular weight is 376 g/mol. The molecule has 1 fully saturated rings. The van der Waals surface area contributed by atoms with Gasteiger partial charge in [-0.2, -0.15) is 0 Å². The highest BCUT2D eigenvalue weighted by atomic mass is 16.5. The number of amides is 2. The predicted molar refractivity (Wildman–Crippen MR) is 104 cm³/mol. The maximum absolute atomic E-state index is 12.8. The number of aromatic nitrogens is 1. The van der Waals surface area contributed by atoms with Gasteiger partial charge in [-0.25, -0.2) is 4.79 Å². The van der Waals surface area contributed by atoms with Crippen LogP contribution in [-0.4, -0.2) is 41.2 Å². The normalized spacial score (nSPS) is 25.0. The third-order valence-corrected chi connectivity index (χ3v) is 6.17. The highest BCUT2D eigenvalue weighted by molar-refractivity contribution is 5.75. The fraction of sp³-hybridized carbons (Fsp3) is 0.714. The smallest absolute Gasteiger partial charge is 0.318 e. The molecule has 0 bridgehead atoms. The Bertz CT molecular complexity index is 662. The number of hydrogen-bond donors (Lipinski definition) is 1. The van der Waals surface area contributed by atoms with Crippen LogP contribution in [0.15, 0.2) is 12.1 Å². The van der Waals surface area contributed by atoms with Crippen LogP contribution in [0.2, 0.25) is 0 Å². The number of fused-ring (bicyclic) bond motifs is 1. The SMILES string of the molecule is CCOC(=O)C1CCC(CNC(=O)N2CCn3c(C)ccc3[C@H]2CC)CC1. The van der Waals surface area contributed by atoms with Crippen molar-refractivity contribution in [3.05, 3.63) is 23.5 Å². The van der Waals surface area contributed by atoms with E-state index in [0.717, 1.165) is 45.2 Å². The highest BCUT2D eigenvalue weighted by Gasteiger charge is 2.31. The number of ether oxygens (including phenoxy) is 1. The Balaban J connectivity index is 1.49. The van der Waals surface area contributed by atoms with Gasteiger partial charge in [-0.15, -0.1) is 0 Å². The first-order valence-corrected chi connectivity index (χ1v) is 10.4. The lowest BCUT2D eigenvalue weighted by Crippen LogP contribution is -2.48. The third-order valence-electron chi connectivity index (χ3n) is 6.17. The molecule has 0 saturated heterocycles. The standard InChI is InChI=1S/C21H33N3O3/c1-4-18-19-11-6-15(3)23(19)12-13-24(18)21(26)22-14-16-7-9-17(10-8-16)20(25)27-5-2/h6,11,16-18H,4-5,7-10,12-14H2,1-3H3,(H,22,26)/t16?,17?,18-/m1/s1. The van der Waals surface area contributed by atoms with E-state index in [1.165, 1.54) is 11.4 Å². The number of nitrogens with one attached hydrogen (secondary N) is 1. The second-order valence-electron chi connectivity index (χ2n) is 7.82. The molecule has 150 valence electrons. The number of carbonyl (C=O) groups is 2. The number of nitrogens with zero attached hydrogens (tertiary/aromatic N) is 2. The summed E-state index contributed by atoms with van der Waals surface area (Å²) in [4.78, 5) is 26.6.